The standard InChI is InChI=1S/C12H20N4/c1-9-5-6-14-7-10(9)8-15-11(13)16-12(2,3)4/h5-7H,8H2,1-4H3,(H3,13,15,16). The first-order valence-corrected chi connectivity index (χ1v) is 5.36. The molecule has 0 fully saturated rings. The van der Waals surface area contributed by atoms with Gasteiger partial charge in [-0.15, -0.1) is 0 Å². The Bertz CT molecular complexity index is 377. The molecule has 0 spiro atoms. The van der Waals surface area contributed by atoms with Crippen molar-refractivity contribution in [3.63, 3.8) is 0 Å². The van der Waals surface area contributed by atoms with Gasteiger partial charge in [0.25, 0.3) is 0 Å². The number of hydrogen-bond acceptors (Lipinski definition) is 2. The lowest BCUT2D eigenvalue weighted by Gasteiger charge is -2.21. The van der Waals surface area contributed by atoms with Crippen LogP contribution in [-0.2, 0) is 6.54 Å². The lowest BCUT2D eigenvalue weighted by molar-refractivity contribution is 0.508. The summed E-state index contributed by atoms with van der Waals surface area (Å²) in [5.74, 6) is 0.468. The molecule has 0 amide bonds. The maximum absolute atomic E-state index is 5.78. The number of pyridine rings is 1. The molecule has 0 bridgehead atoms. The van der Waals surface area contributed by atoms with Crippen LogP contribution in [0.3, 0.4) is 0 Å². The number of aliphatic imine (C=N–C) groups is 1. The molecule has 0 atom stereocenters. The SMILES string of the molecule is Cc1ccncc1CN=C(N)NC(C)(C)C. The fourth-order valence-corrected chi connectivity index (χ4v) is 1.26. The molecule has 0 saturated carbocycles. The first-order valence-electron chi connectivity index (χ1n) is 5.36. The van der Waals surface area contributed by atoms with Crippen LogP contribution in [0.2, 0.25) is 0 Å². The van der Waals surface area contributed by atoms with Crippen LogP contribution in [0, 0.1) is 6.92 Å². The lowest BCUT2D eigenvalue weighted by atomic mass is 10.1. The number of hydrogen-bond donors (Lipinski definition) is 2. The summed E-state index contributed by atoms with van der Waals surface area (Å²) in [6.45, 7) is 8.74. The number of aryl methyl sites for hydroxylation is 1. The summed E-state index contributed by atoms with van der Waals surface area (Å²) in [6.07, 6.45) is 3.60. The molecule has 1 aromatic heterocycles. The topological polar surface area (TPSA) is 63.3 Å². The second-order valence-corrected chi connectivity index (χ2v) is 4.88. The number of nitrogens with one attached hydrogen (secondary N) is 1. The summed E-state index contributed by atoms with van der Waals surface area (Å²) in [6, 6.07) is 1.97. The lowest BCUT2D eigenvalue weighted by Crippen LogP contribution is -2.44. The Morgan fingerprint density at radius 1 is 1.50 bits per heavy atom. The minimum absolute atomic E-state index is 0.0580. The average Bonchev–Trinajstić information content (AvgIpc) is 2.14. The molecule has 1 aromatic rings. The van der Waals surface area contributed by atoms with Crippen LogP contribution in [0.25, 0.3) is 0 Å². The third-order valence-electron chi connectivity index (χ3n) is 2.07. The molecule has 3 N–H and O–H groups in total. The molecule has 0 radical (unpaired) electrons. The average molecular weight is 220 g/mol. The zero-order valence-corrected chi connectivity index (χ0v) is 10.4. The van der Waals surface area contributed by atoms with Crippen LogP contribution in [0.4, 0.5) is 0 Å². The van der Waals surface area contributed by atoms with Crippen molar-refractivity contribution in [2.75, 3.05) is 0 Å². The molecule has 88 valence electrons. The first kappa shape index (κ1) is 12.5. The van der Waals surface area contributed by atoms with E-state index in [0.29, 0.717) is 12.5 Å². The van der Waals surface area contributed by atoms with E-state index in [9.17, 15) is 0 Å². The van der Waals surface area contributed by atoms with Crippen molar-refractivity contribution in [2.24, 2.45) is 10.7 Å². The Kier molecular flexibility index (Phi) is 3.88. The molecule has 1 rings (SSSR count). The van der Waals surface area contributed by atoms with E-state index < -0.39 is 0 Å². The van der Waals surface area contributed by atoms with Gasteiger partial charge in [-0.2, -0.15) is 0 Å². The summed E-state index contributed by atoms with van der Waals surface area (Å²) in [7, 11) is 0. The zero-order valence-electron chi connectivity index (χ0n) is 10.4. The Labute approximate surface area is 97.0 Å². The highest BCUT2D eigenvalue weighted by Crippen LogP contribution is 2.06. The molecule has 16 heavy (non-hydrogen) atoms. The van der Waals surface area contributed by atoms with Crippen molar-refractivity contribution in [2.45, 2.75) is 39.8 Å². The monoisotopic (exact) mass is 220 g/mol. The molecule has 0 aromatic carbocycles. The van der Waals surface area contributed by atoms with E-state index in [2.05, 4.69) is 15.3 Å². The molecule has 4 heteroatoms. The maximum atomic E-state index is 5.78. The van der Waals surface area contributed by atoms with Crippen LogP contribution in [0.15, 0.2) is 23.5 Å². The molecule has 4 nitrogen and oxygen atoms in total. The van der Waals surface area contributed by atoms with Crippen LogP contribution in [0.1, 0.15) is 31.9 Å². The maximum Gasteiger partial charge on any atom is 0.189 e. The van der Waals surface area contributed by atoms with Gasteiger partial charge < -0.3 is 11.1 Å². The van der Waals surface area contributed by atoms with Crippen LogP contribution in [-0.4, -0.2) is 16.5 Å². The van der Waals surface area contributed by atoms with E-state index in [-0.39, 0.29) is 5.54 Å². The van der Waals surface area contributed by atoms with Gasteiger partial charge in [-0.3, -0.25) is 4.98 Å². The fourth-order valence-electron chi connectivity index (χ4n) is 1.26. The summed E-state index contributed by atoms with van der Waals surface area (Å²) in [5.41, 5.74) is 8.00. The van der Waals surface area contributed by atoms with Crippen molar-refractivity contribution >= 4 is 5.96 Å². The van der Waals surface area contributed by atoms with Gasteiger partial charge in [0.15, 0.2) is 5.96 Å². The Balaban J connectivity index is 2.63. The van der Waals surface area contributed by atoms with Crippen LogP contribution in [0.5, 0.6) is 0 Å². The van der Waals surface area contributed by atoms with Gasteiger partial charge in [-0.25, -0.2) is 4.99 Å². The first-order chi connectivity index (χ1) is 7.38. The summed E-state index contributed by atoms with van der Waals surface area (Å²) >= 11 is 0. The summed E-state index contributed by atoms with van der Waals surface area (Å²) in [5, 5.41) is 3.12. The summed E-state index contributed by atoms with van der Waals surface area (Å²) in [4.78, 5) is 8.35. The van der Waals surface area contributed by atoms with Crippen molar-refractivity contribution in [1.82, 2.24) is 10.3 Å². The third-order valence-corrected chi connectivity index (χ3v) is 2.07. The van der Waals surface area contributed by atoms with Crippen molar-refractivity contribution < 1.29 is 0 Å². The van der Waals surface area contributed by atoms with Gasteiger partial charge >= 0.3 is 0 Å². The molecule has 1 heterocycles. The number of guanidine groups is 1. The van der Waals surface area contributed by atoms with Crippen molar-refractivity contribution in [1.29, 1.82) is 0 Å². The predicted octanol–water partition coefficient (Wildman–Crippen LogP) is 1.59. The molecular weight excluding hydrogens is 200 g/mol. The molecule has 0 aliphatic rings. The predicted molar refractivity (Wildman–Crippen MR) is 67.2 cm³/mol. The quantitative estimate of drug-likeness (QED) is 0.587. The van der Waals surface area contributed by atoms with Gasteiger partial charge in [0, 0.05) is 17.9 Å². The van der Waals surface area contributed by atoms with E-state index in [1.54, 1.807) is 6.20 Å². The molecule has 0 aliphatic carbocycles. The Morgan fingerprint density at radius 3 is 2.75 bits per heavy atom. The fraction of sp³-hybridized carbons (Fsp3) is 0.500. The smallest absolute Gasteiger partial charge is 0.189 e. The molecule has 0 aliphatic heterocycles. The number of nitrogens with zero attached hydrogens (tertiary/aromatic N) is 2. The van der Waals surface area contributed by atoms with E-state index in [1.165, 1.54) is 5.56 Å². The highest BCUT2D eigenvalue weighted by molar-refractivity contribution is 5.78. The molecule has 0 saturated heterocycles. The third kappa shape index (κ3) is 4.29. The van der Waals surface area contributed by atoms with Gasteiger partial charge in [0.05, 0.1) is 6.54 Å². The minimum Gasteiger partial charge on any atom is -0.370 e. The van der Waals surface area contributed by atoms with E-state index in [0.717, 1.165) is 5.56 Å². The van der Waals surface area contributed by atoms with Gasteiger partial charge in [-0.1, -0.05) is 0 Å². The van der Waals surface area contributed by atoms with E-state index >= 15 is 0 Å². The number of rotatable bonds is 2. The number of nitrogens with two attached hydrogens (primary N) is 1. The number of aromatic nitrogens is 1. The molecule has 0 unspecified atom stereocenters. The van der Waals surface area contributed by atoms with Gasteiger partial charge in [-0.05, 0) is 44.9 Å². The van der Waals surface area contributed by atoms with Crippen LogP contribution >= 0.6 is 0 Å². The molecular formula is C12H20N4. The second-order valence-electron chi connectivity index (χ2n) is 4.88. The van der Waals surface area contributed by atoms with Crippen molar-refractivity contribution in [3.8, 4) is 0 Å². The van der Waals surface area contributed by atoms with Crippen LogP contribution < -0.4 is 11.1 Å². The minimum atomic E-state index is -0.0580. The largest absolute Gasteiger partial charge is 0.370 e. The second kappa shape index (κ2) is 4.96. The summed E-state index contributed by atoms with van der Waals surface area (Å²) < 4.78 is 0. The highest BCUT2D eigenvalue weighted by atomic mass is 15.1. The zero-order chi connectivity index (χ0) is 12.2. The Morgan fingerprint density at radius 2 is 2.19 bits per heavy atom. The van der Waals surface area contributed by atoms with Gasteiger partial charge in [0.2, 0.25) is 0 Å². The van der Waals surface area contributed by atoms with E-state index in [4.69, 9.17) is 5.73 Å². The normalized spacial score (nSPS) is 12.6. The van der Waals surface area contributed by atoms with Crippen molar-refractivity contribution in [3.05, 3.63) is 29.6 Å². The highest BCUT2D eigenvalue weighted by Gasteiger charge is 2.09. The van der Waals surface area contributed by atoms with E-state index in [1.807, 2.05) is 40.0 Å². The Hall–Kier alpha value is -1.58. The van der Waals surface area contributed by atoms with Gasteiger partial charge in [0.1, 0.15) is 0 Å².